The highest BCUT2D eigenvalue weighted by Gasteiger charge is 2.42. The number of rotatable bonds is 5. The molecule has 0 aromatic carbocycles. The van der Waals surface area contributed by atoms with E-state index < -0.39 is 0 Å². The van der Waals surface area contributed by atoms with Crippen molar-refractivity contribution in [2.75, 3.05) is 13.1 Å². The smallest absolute Gasteiger partial charge is 0.108 e. The van der Waals surface area contributed by atoms with Crippen LogP contribution in [0.4, 0.5) is 0 Å². The van der Waals surface area contributed by atoms with Crippen LogP contribution in [0.5, 0.6) is 0 Å². The molecule has 0 amide bonds. The molecule has 2 rings (SSSR count). The van der Waals surface area contributed by atoms with Crippen molar-refractivity contribution in [3.8, 4) is 6.07 Å². The molecule has 0 spiro atoms. The first kappa shape index (κ1) is 14.8. The molecule has 0 bridgehead atoms. The molecule has 2 fully saturated rings. The minimum Gasteiger partial charge on any atom is -0.300 e. The van der Waals surface area contributed by atoms with Gasteiger partial charge < -0.3 is 0 Å². The first-order chi connectivity index (χ1) is 9.24. The fourth-order valence-electron chi connectivity index (χ4n) is 4.17. The quantitative estimate of drug-likeness (QED) is 0.828. The fourth-order valence-corrected chi connectivity index (χ4v) is 4.17. The zero-order valence-electron chi connectivity index (χ0n) is 12.6. The molecule has 108 valence electrons. The molecule has 19 heavy (non-hydrogen) atoms. The van der Waals surface area contributed by atoms with E-state index in [-0.39, 0.29) is 5.54 Å². The van der Waals surface area contributed by atoms with Gasteiger partial charge in [-0.1, -0.05) is 33.1 Å². The van der Waals surface area contributed by atoms with Crippen LogP contribution in [-0.2, 0) is 0 Å². The Balaban J connectivity index is 1.99. The second-order valence-corrected chi connectivity index (χ2v) is 6.24. The van der Waals surface area contributed by atoms with Gasteiger partial charge in [-0.15, -0.1) is 0 Å². The van der Waals surface area contributed by atoms with Crippen LogP contribution in [0.1, 0.15) is 65.2 Å². The highest BCUT2D eigenvalue weighted by Crippen LogP contribution is 2.35. The Hall–Kier alpha value is -0.590. The average Bonchev–Trinajstić information content (AvgIpc) is 2.86. The van der Waals surface area contributed by atoms with E-state index in [0.29, 0.717) is 6.04 Å². The van der Waals surface area contributed by atoms with Crippen LogP contribution in [0.15, 0.2) is 0 Å². The molecule has 0 aromatic heterocycles. The molecule has 0 radical (unpaired) electrons. The van der Waals surface area contributed by atoms with E-state index in [9.17, 15) is 5.26 Å². The summed E-state index contributed by atoms with van der Waals surface area (Å²) in [5.74, 6) is 0. The van der Waals surface area contributed by atoms with Crippen molar-refractivity contribution in [3.63, 3.8) is 0 Å². The topological polar surface area (TPSA) is 39.1 Å². The Morgan fingerprint density at radius 2 is 1.89 bits per heavy atom. The second kappa shape index (κ2) is 6.72. The van der Waals surface area contributed by atoms with Crippen molar-refractivity contribution < 1.29 is 0 Å². The maximum absolute atomic E-state index is 9.50. The Labute approximate surface area is 118 Å². The van der Waals surface area contributed by atoms with Gasteiger partial charge in [0, 0.05) is 12.1 Å². The van der Waals surface area contributed by atoms with Crippen LogP contribution in [0, 0.1) is 11.3 Å². The summed E-state index contributed by atoms with van der Waals surface area (Å²) >= 11 is 0. The Morgan fingerprint density at radius 1 is 1.16 bits per heavy atom. The first-order valence-electron chi connectivity index (χ1n) is 8.16. The second-order valence-electron chi connectivity index (χ2n) is 6.24. The van der Waals surface area contributed by atoms with Gasteiger partial charge in [0.05, 0.1) is 6.07 Å². The lowest BCUT2D eigenvalue weighted by Crippen LogP contribution is -2.46. The predicted octanol–water partition coefficient (Wildman–Crippen LogP) is 3.07. The van der Waals surface area contributed by atoms with Crippen LogP contribution < -0.4 is 5.32 Å². The van der Waals surface area contributed by atoms with Gasteiger partial charge in [-0.3, -0.25) is 10.2 Å². The number of nitrogens with one attached hydrogen (secondary N) is 1. The van der Waals surface area contributed by atoms with Crippen LogP contribution in [0.25, 0.3) is 0 Å². The van der Waals surface area contributed by atoms with Crippen molar-refractivity contribution in [1.29, 1.82) is 5.26 Å². The van der Waals surface area contributed by atoms with Crippen molar-refractivity contribution in [2.24, 2.45) is 0 Å². The standard InChI is InChI=1S/C16H29N3/c1-3-18-16(13-17)11-10-15(12-16)19(4-2)14-8-6-5-7-9-14/h14-15,18H,3-12H2,1-2H3. The molecule has 3 nitrogen and oxygen atoms in total. The van der Waals surface area contributed by atoms with Gasteiger partial charge in [-0.25, -0.2) is 0 Å². The van der Waals surface area contributed by atoms with Gasteiger partial charge in [0.25, 0.3) is 0 Å². The Morgan fingerprint density at radius 3 is 2.47 bits per heavy atom. The highest BCUT2D eigenvalue weighted by molar-refractivity contribution is 5.13. The van der Waals surface area contributed by atoms with Gasteiger partial charge >= 0.3 is 0 Å². The molecule has 3 heteroatoms. The van der Waals surface area contributed by atoms with Crippen LogP contribution in [0.2, 0.25) is 0 Å². The van der Waals surface area contributed by atoms with E-state index in [1.807, 2.05) is 0 Å². The van der Waals surface area contributed by atoms with E-state index in [4.69, 9.17) is 0 Å². The largest absolute Gasteiger partial charge is 0.300 e. The molecule has 0 heterocycles. The third kappa shape index (κ3) is 3.30. The molecule has 2 saturated carbocycles. The Bertz CT molecular complexity index is 316. The lowest BCUT2D eigenvalue weighted by molar-refractivity contribution is 0.109. The third-order valence-corrected chi connectivity index (χ3v) is 5.10. The van der Waals surface area contributed by atoms with Gasteiger partial charge in [0.15, 0.2) is 0 Å². The molecule has 0 aliphatic heterocycles. The van der Waals surface area contributed by atoms with Crippen molar-refractivity contribution in [1.82, 2.24) is 10.2 Å². The minimum atomic E-state index is -0.249. The molecule has 0 aromatic rings. The zero-order chi connectivity index (χ0) is 13.7. The van der Waals surface area contributed by atoms with Crippen LogP contribution in [0.3, 0.4) is 0 Å². The number of nitriles is 1. The molecule has 2 aliphatic carbocycles. The highest BCUT2D eigenvalue weighted by atomic mass is 15.2. The lowest BCUT2D eigenvalue weighted by Gasteiger charge is -2.38. The predicted molar refractivity (Wildman–Crippen MR) is 78.9 cm³/mol. The van der Waals surface area contributed by atoms with Gasteiger partial charge in [0.2, 0.25) is 0 Å². The van der Waals surface area contributed by atoms with Gasteiger partial charge in [0.1, 0.15) is 5.54 Å². The molecule has 1 N–H and O–H groups in total. The van der Waals surface area contributed by atoms with E-state index in [2.05, 4.69) is 30.1 Å². The summed E-state index contributed by atoms with van der Waals surface area (Å²) in [6, 6.07) is 3.95. The Kier molecular flexibility index (Phi) is 5.24. The SMILES string of the molecule is CCNC1(C#N)CCC(N(CC)C2CCCCC2)C1. The maximum Gasteiger partial charge on any atom is 0.108 e. The number of hydrogen-bond acceptors (Lipinski definition) is 3. The van der Waals surface area contributed by atoms with Gasteiger partial charge in [-0.2, -0.15) is 5.26 Å². The molecule has 0 saturated heterocycles. The van der Waals surface area contributed by atoms with E-state index >= 15 is 0 Å². The number of hydrogen-bond donors (Lipinski definition) is 1. The van der Waals surface area contributed by atoms with Gasteiger partial charge in [-0.05, 0) is 45.2 Å². The summed E-state index contributed by atoms with van der Waals surface area (Å²) in [4.78, 5) is 2.70. The van der Waals surface area contributed by atoms with E-state index in [0.717, 1.165) is 32.0 Å². The monoisotopic (exact) mass is 263 g/mol. The average molecular weight is 263 g/mol. The van der Waals surface area contributed by atoms with Crippen molar-refractivity contribution in [2.45, 2.75) is 82.8 Å². The number of nitrogens with zero attached hydrogens (tertiary/aromatic N) is 2. The molecule has 2 unspecified atom stereocenters. The molecule has 2 atom stereocenters. The summed E-state index contributed by atoms with van der Waals surface area (Å²) < 4.78 is 0. The summed E-state index contributed by atoms with van der Waals surface area (Å²) in [6.07, 6.45) is 10.2. The minimum absolute atomic E-state index is 0.249. The molecular formula is C16H29N3. The fraction of sp³-hybridized carbons (Fsp3) is 0.938. The summed E-state index contributed by atoms with van der Waals surface area (Å²) in [6.45, 7) is 6.43. The van der Waals surface area contributed by atoms with Crippen molar-refractivity contribution in [3.05, 3.63) is 0 Å². The van der Waals surface area contributed by atoms with E-state index in [1.54, 1.807) is 0 Å². The lowest BCUT2D eigenvalue weighted by atomic mass is 9.92. The van der Waals surface area contributed by atoms with E-state index in [1.165, 1.54) is 38.5 Å². The first-order valence-corrected chi connectivity index (χ1v) is 8.16. The third-order valence-electron chi connectivity index (χ3n) is 5.10. The zero-order valence-corrected chi connectivity index (χ0v) is 12.6. The summed E-state index contributed by atoms with van der Waals surface area (Å²) in [7, 11) is 0. The van der Waals surface area contributed by atoms with Crippen LogP contribution >= 0.6 is 0 Å². The maximum atomic E-state index is 9.50. The normalized spacial score (nSPS) is 32.6. The van der Waals surface area contributed by atoms with Crippen molar-refractivity contribution >= 4 is 0 Å². The van der Waals surface area contributed by atoms with Crippen LogP contribution in [-0.4, -0.2) is 35.6 Å². The molecular weight excluding hydrogens is 234 g/mol. The molecule has 2 aliphatic rings. The summed E-state index contributed by atoms with van der Waals surface area (Å²) in [5, 5.41) is 12.9. The summed E-state index contributed by atoms with van der Waals surface area (Å²) in [5.41, 5.74) is -0.249.